The molecular weight excluding hydrogens is 327 g/mol. The van der Waals surface area contributed by atoms with Gasteiger partial charge in [0.2, 0.25) is 0 Å². The Morgan fingerprint density at radius 3 is 1.50 bits per heavy atom. The first-order valence-electron chi connectivity index (χ1n) is 2.63. The molecule has 12 heavy (non-hydrogen) atoms. The van der Waals surface area contributed by atoms with Crippen molar-refractivity contribution in [2.75, 3.05) is 0 Å². The summed E-state index contributed by atoms with van der Waals surface area (Å²) in [5, 5.41) is -1.00. The zero-order valence-electron chi connectivity index (χ0n) is 5.27. The molecule has 0 heterocycles. The molecule has 0 saturated heterocycles. The summed E-state index contributed by atoms with van der Waals surface area (Å²) >= 11 is 12.1. The van der Waals surface area contributed by atoms with E-state index >= 15 is 0 Å². The number of halogens is 6. The van der Waals surface area contributed by atoms with Gasteiger partial charge in [0.15, 0.2) is 17.5 Å². The molecule has 0 unspecified atom stereocenters. The van der Waals surface area contributed by atoms with E-state index in [1.54, 1.807) is 0 Å². The monoisotopic (exact) mass is 326 g/mol. The molecule has 6 heteroatoms. The van der Waals surface area contributed by atoms with Crippen LogP contribution in [0.5, 0.6) is 0 Å². The molecule has 1 rings (SSSR count). The van der Waals surface area contributed by atoms with E-state index in [9.17, 15) is 13.2 Å². The van der Waals surface area contributed by atoms with Crippen LogP contribution in [0.2, 0.25) is 10.0 Å². The highest BCUT2D eigenvalue weighted by molar-refractivity contribution is 14.1. The van der Waals surface area contributed by atoms with Crippen molar-refractivity contribution < 1.29 is 13.2 Å². The third kappa shape index (κ3) is 1.52. The fourth-order valence-corrected chi connectivity index (χ4v) is 1.45. The van der Waals surface area contributed by atoms with Crippen LogP contribution in [0.3, 0.4) is 0 Å². The molecule has 0 aromatic heterocycles. The lowest BCUT2D eigenvalue weighted by molar-refractivity contribution is 0.446. The van der Waals surface area contributed by atoms with Crippen LogP contribution in [0.4, 0.5) is 13.2 Å². The van der Waals surface area contributed by atoms with E-state index in [2.05, 4.69) is 0 Å². The summed E-state index contributed by atoms with van der Waals surface area (Å²) in [6.07, 6.45) is 0. The molecule has 1 aromatic rings. The highest BCUT2D eigenvalue weighted by Crippen LogP contribution is 2.33. The Morgan fingerprint density at radius 1 is 0.833 bits per heavy atom. The maximum atomic E-state index is 12.6. The van der Waals surface area contributed by atoms with Gasteiger partial charge in [0.1, 0.15) is 0 Å². The van der Waals surface area contributed by atoms with Crippen molar-refractivity contribution in [1.82, 2.24) is 0 Å². The maximum Gasteiger partial charge on any atom is 0.197 e. The zero-order chi connectivity index (χ0) is 9.46. The van der Waals surface area contributed by atoms with Crippen molar-refractivity contribution >= 4 is 45.8 Å². The quantitative estimate of drug-likeness (QED) is 0.384. The average molecular weight is 327 g/mol. The van der Waals surface area contributed by atoms with Gasteiger partial charge in [-0.3, -0.25) is 0 Å². The summed E-state index contributed by atoms with van der Waals surface area (Å²) in [7, 11) is 0. The largest absolute Gasteiger partial charge is 0.202 e. The van der Waals surface area contributed by atoms with E-state index in [0.29, 0.717) is 0 Å². The lowest BCUT2D eigenvalue weighted by Crippen LogP contribution is -1.96. The molecule has 0 radical (unpaired) electrons. The van der Waals surface area contributed by atoms with Crippen LogP contribution < -0.4 is 0 Å². The summed E-state index contributed by atoms with van der Waals surface area (Å²) in [5.41, 5.74) is 0. The Morgan fingerprint density at radius 2 is 1.17 bits per heavy atom. The van der Waals surface area contributed by atoms with E-state index in [1.165, 1.54) is 22.6 Å². The molecule has 0 aliphatic carbocycles. The van der Waals surface area contributed by atoms with Gasteiger partial charge in [0.25, 0.3) is 0 Å². The van der Waals surface area contributed by atoms with Gasteiger partial charge in [-0.05, 0) is 22.6 Å². The lowest BCUT2D eigenvalue weighted by atomic mass is 10.3. The van der Waals surface area contributed by atoms with Crippen LogP contribution in [-0.2, 0) is 0 Å². The Labute approximate surface area is 89.8 Å². The van der Waals surface area contributed by atoms with Crippen LogP contribution in [-0.4, -0.2) is 0 Å². The van der Waals surface area contributed by atoms with Crippen LogP contribution in [0.25, 0.3) is 0 Å². The van der Waals surface area contributed by atoms with Crippen LogP contribution in [0.15, 0.2) is 0 Å². The molecule has 0 nitrogen and oxygen atoms in total. The van der Waals surface area contributed by atoms with Gasteiger partial charge in [-0.2, -0.15) is 0 Å². The molecule has 0 fully saturated rings. The van der Waals surface area contributed by atoms with E-state index in [4.69, 9.17) is 23.2 Å². The van der Waals surface area contributed by atoms with E-state index < -0.39 is 27.5 Å². The topological polar surface area (TPSA) is 0 Å². The predicted octanol–water partition coefficient (Wildman–Crippen LogP) is 4.02. The summed E-state index contributed by atoms with van der Waals surface area (Å²) in [6.45, 7) is 0. The van der Waals surface area contributed by atoms with Crippen molar-refractivity contribution in [3.63, 3.8) is 0 Å². The smallest absolute Gasteiger partial charge is 0.197 e. The first-order chi connectivity index (χ1) is 5.46. The summed E-state index contributed by atoms with van der Waals surface area (Å²) in [5.74, 6) is -4.48. The summed E-state index contributed by atoms with van der Waals surface area (Å²) in [6, 6.07) is 0. The van der Waals surface area contributed by atoms with E-state index in [0.717, 1.165) is 0 Å². The Bertz CT molecular complexity index is 235. The highest BCUT2D eigenvalue weighted by atomic mass is 127. The molecule has 0 aliphatic rings. The van der Waals surface area contributed by atoms with Gasteiger partial charge in [-0.25, -0.2) is 13.2 Å². The Balaban J connectivity index is 3.60. The van der Waals surface area contributed by atoms with Crippen molar-refractivity contribution in [3.05, 3.63) is 31.1 Å². The molecule has 0 bridgehead atoms. The van der Waals surface area contributed by atoms with Crippen molar-refractivity contribution in [1.29, 1.82) is 0 Å². The SMILES string of the molecule is Fc1c(F)c(Cl)c(I)c(Cl)c1F. The molecule has 0 amide bonds. The molecule has 1 aromatic carbocycles. The minimum atomic E-state index is -1.65. The molecule has 0 spiro atoms. The molecule has 0 N–H and O–H groups in total. The van der Waals surface area contributed by atoms with Crippen molar-refractivity contribution in [2.24, 2.45) is 0 Å². The standard InChI is InChI=1S/C6Cl2F3I/c7-1-3(9)5(11)4(10)2(8)6(1)12. The Kier molecular flexibility index (Phi) is 3.11. The van der Waals surface area contributed by atoms with Crippen molar-refractivity contribution in [3.8, 4) is 0 Å². The minimum Gasteiger partial charge on any atom is -0.202 e. The number of hydrogen-bond donors (Lipinski definition) is 0. The van der Waals surface area contributed by atoms with Gasteiger partial charge in [-0.15, -0.1) is 0 Å². The van der Waals surface area contributed by atoms with Crippen molar-refractivity contribution in [2.45, 2.75) is 0 Å². The van der Waals surface area contributed by atoms with Crippen LogP contribution in [0.1, 0.15) is 0 Å². The van der Waals surface area contributed by atoms with E-state index in [-0.39, 0.29) is 3.57 Å². The van der Waals surface area contributed by atoms with Gasteiger partial charge in [-0.1, -0.05) is 23.2 Å². The normalized spacial score (nSPS) is 10.5. The van der Waals surface area contributed by atoms with Gasteiger partial charge in [0, 0.05) is 0 Å². The predicted molar refractivity (Wildman–Crippen MR) is 49.1 cm³/mol. The average Bonchev–Trinajstić information content (AvgIpc) is 2.08. The summed E-state index contributed by atoms with van der Waals surface area (Å²) < 4.78 is 37.7. The maximum absolute atomic E-state index is 12.6. The van der Waals surface area contributed by atoms with Crippen LogP contribution >= 0.6 is 45.8 Å². The highest BCUT2D eigenvalue weighted by Gasteiger charge is 2.21. The fraction of sp³-hybridized carbons (Fsp3) is 0. The van der Waals surface area contributed by atoms with Gasteiger partial charge in [0.05, 0.1) is 13.6 Å². The minimum absolute atomic E-state index is 0.0349. The molecule has 0 saturated carbocycles. The zero-order valence-corrected chi connectivity index (χ0v) is 8.94. The summed E-state index contributed by atoms with van der Waals surface area (Å²) in [4.78, 5) is 0. The lowest BCUT2D eigenvalue weighted by Gasteiger charge is -2.03. The molecular formula is C6Cl2F3I. The second kappa shape index (κ2) is 3.59. The second-order valence-corrected chi connectivity index (χ2v) is 3.72. The first kappa shape index (κ1) is 10.4. The fourth-order valence-electron chi connectivity index (χ4n) is 0.578. The first-order valence-corrected chi connectivity index (χ1v) is 4.47. The number of hydrogen-bond acceptors (Lipinski definition) is 0. The van der Waals surface area contributed by atoms with Gasteiger partial charge >= 0.3 is 0 Å². The number of rotatable bonds is 0. The molecule has 0 aliphatic heterocycles. The molecule has 0 atom stereocenters. The Hall–Kier alpha value is 0.320. The molecule has 66 valence electrons. The third-order valence-corrected chi connectivity index (χ3v) is 3.58. The van der Waals surface area contributed by atoms with Gasteiger partial charge < -0.3 is 0 Å². The second-order valence-electron chi connectivity index (χ2n) is 1.88. The van der Waals surface area contributed by atoms with E-state index in [1.807, 2.05) is 0 Å². The number of benzene rings is 1. The van der Waals surface area contributed by atoms with Crippen LogP contribution in [0, 0.1) is 21.0 Å². The third-order valence-electron chi connectivity index (χ3n) is 1.16.